The summed E-state index contributed by atoms with van der Waals surface area (Å²) < 4.78 is 68.1. The Hall–Kier alpha value is -5.06. The van der Waals surface area contributed by atoms with Crippen LogP contribution in [0.25, 0.3) is 0 Å². The molecule has 0 fully saturated rings. The van der Waals surface area contributed by atoms with Crippen LogP contribution in [0, 0.1) is 0 Å². The van der Waals surface area contributed by atoms with Gasteiger partial charge in [-0.05, 0) is 97.5 Å². The lowest BCUT2D eigenvalue weighted by Gasteiger charge is -2.28. The number of pyridine rings is 2. The number of nitrogens with one attached hydrogen (secondary N) is 1. The van der Waals surface area contributed by atoms with Crippen LogP contribution in [0.4, 0.5) is 35.9 Å². The number of anilines is 4. The lowest BCUT2D eigenvalue weighted by molar-refractivity contribution is -0.274. The Bertz CT molecular complexity index is 2040. The first-order valence-electron chi connectivity index (χ1n) is 17.4. The van der Waals surface area contributed by atoms with Crippen molar-refractivity contribution in [1.82, 2.24) is 14.7 Å². The summed E-state index contributed by atoms with van der Waals surface area (Å²) in [6.45, 7) is 0.564. The number of para-hydroxylation sites is 2. The fraction of sp³-hybridized carbons (Fsp3) is 0.282. The van der Waals surface area contributed by atoms with Gasteiger partial charge in [0.1, 0.15) is 5.75 Å². The molecule has 0 aliphatic carbocycles. The number of nitrogens with two attached hydrogens (primary N) is 1. The van der Waals surface area contributed by atoms with E-state index in [1.807, 2.05) is 53.6 Å². The largest absolute Gasteiger partial charge is 0.573 e. The molecule has 0 unspecified atom stereocenters. The zero-order valence-corrected chi connectivity index (χ0v) is 30.0. The number of rotatable bonds is 10. The first-order valence-corrected chi connectivity index (χ1v) is 18.9. The molecule has 0 radical (unpaired) electrons. The summed E-state index contributed by atoms with van der Waals surface area (Å²) in [7, 11) is -4.06. The van der Waals surface area contributed by atoms with Gasteiger partial charge in [0, 0.05) is 36.9 Å². The van der Waals surface area contributed by atoms with Crippen molar-refractivity contribution in [3.8, 4) is 5.75 Å². The van der Waals surface area contributed by atoms with Crippen molar-refractivity contribution in [3.05, 3.63) is 132 Å². The van der Waals surface area contributed by atoms with Crippen LogP contribution in [0.1, 0.15) is 22.5 Å². The normalized spacial score (nSPS) is 14.9. The van der Waals surface area contributed by atoms with Crippen molar-refractivity contribution in [2.45, 2.75) is 49.1 Å². The van der Waals surface area contributed by atoms with E-state index in [9.17, 15) is 31.8 Å². The molecule has 0 saturated heterocycles. The minimum absolute atomic E-state index is 0.108. The SMILES string of the molecule is NC[C@H](O)CN1c2ccccc2CCc2ncccc21.O=S(=O)(NC[C@H](O)CN1c2ccccc2CCc2ncccc21)c1ccc(OC(F)(F)F)cc1. The number of sulfonamides is 1. The van der Waals surface area contributed by atoms with Crippen LogP contribution < -0.4 is 25.0 Å². The number of ether oxygens (including phenoxy) is 1. The standard InChI is InChI=1S/C23H22F3N3O4S.C16H19N3O/c24-23(25,26)33-18-8-10-19(11-9-18)34(31,32)28-14-17(30)15-29-21-5-2-1-4-16(21)7-12-20-22(29)6-3-13-27-20;17-10-13(20)11-19-15-5-2-1-4-12(15)7-8-14-16(19)6-3-9-18-14/h1-6,8-11,13,17,28,30H,7,12,14-15H2;1-6,9,13,20H,7-8,10-11,17H2/t17-;13-/m00/s1. The van der Waals surface area contributed by atoms with E-state index in [0.717, 1.165) is 89.6 Å². The molecular weight excluding hydrogens is 722 g/mol. The monoisotopic (exact) mass is 762 g/mol. The molecule has 0 amide bonds. The summed E-state index contributed by atoms with van der Waals surface area (Å²) in [5.74, 6) is -0.529. The van der Waals surface area contributed by atoms with Gasteiger partial charge < -0.3 is 30.5 Å². The predicted octanol–water partition coefficient (Wildman–Crippen LogP) is 5.19. The lowest BCUT2D eigenvalue weighted by atomic mass is 10.1. The van der Waals surface area contributed by atoms with E-state index in [2.05, 4.69) is 48.6 Å². The number of nitrogens with zero attached hydrogens (tertiary/aromatic N) is 4. The molecule has 2 atom stereocenters. The van der Waals surface area contributed by atoms with E-state index in [4.69, 9.17) is 5.73 Å². The van der Waals surface area contributed by atoms with Crippen LogP contribution in [0.15, 0.2) is 114 Å². The lowest BCUT2D eigenvalue weighted by Crippen LogP contribution is -2.39. The smallest absolute Gasteiger partial charge is 0.406 e. The number of benzene rings is 3. The zero-order chi connectivity index (χ0) is 38.3. The zero-order valence-electron chi connectivity index (χ0n) is 29.2. The average molecular weight is 763 g/mol. The van der Waals surface area contributed by atoms with E-state index in [-0.39, 0.29) is 24.5 Å². The van der Waals surface area contributed by atoms with Gasteiger partial charge in [-0.3, -0.25) is 9.97 Å². The Morgan fingerprint density at radius 2 is 1.19 bits per heavy atom. The van der Waals surface area contributed by atoms with Crippen molar-refractivity contribution >= 4 is 32.8 Å². The number of fused-ring (bicyclic) bond motifs is 4. The number of aliphatic hydroxyl groups is 2. The molecule has 3 aromatic carbocycles. The van der Waals surface area contributed by atoms with Crippen LogP contribution in [0.3, 0.4) is 0 Å². The van der Waals surface area contributed by atoms with Crippen LogP contribution in [0.2, 0.25) is 0 Å². The molecule has 0 bridgehead atoms. The van der Waals surface area contributed by atoms with Gasteiger partial charge in [0.25, 0.3) is 0 Å². The highest BCUT2D eigenvalue weighted by molar-refractivity contribution is 7.89. The van der Waals surface area contributed by atoms with Crippen molar-refractivity contribution < 1.29 is 36.5 Å². The molecule has 2 aliphatic rings. The highest BCUT2D eigenvalue weighted by atomic mass is 32.2. The number of alkyl halides is 3. The van der Waals surface area contributed by atoms with Crippen LogP contribution >= 0.6 is 0 Å². The second-order valence-electron chi connectivity index (χ2n) is 12.8. The van der Waals surface area contributed by atoms with Crippen LogP contribution in [-0.2, 0) is 35.7 Å². The topological polar surface area (TPSA) is 154 Å². The predicted molar refractivity (Wildman–Crippen MR) is 200 cm³/mol. The van der Waals surface area contributed by atoms with Gasteiger partial charge in [0.05, 0.1) is 53.0 Å². The van der Waals surface area contributed by atoms with Gasteiger partial charge in [0.15, 0.2) is 0 Å². The second-order valence-corrected chi connectivity index (χ2v) is 14.6. The summed E-state index contributed by atoms with van der Waals surface area (Å²) in [5, 5.41) is 20.7. The molecule has 284 valence electrons. The third kappa shape index (κ3) is 9.53. The Balaban J connectivity index is 0.000000210. The maximum Gasteiger partial charge on any atom is 0.573 e. The number of hydrogen-bond acceptors (Lipinski definition) is 10. The van der Waals surface area contributed by atoms with Gasteiger partial charge in [-0.15, -0.1) is 13.2 Å². The number of hydrogen-bond donors (Lipinski definition) is 4. The summed E-state index contributed by atoms with van der Waals surface area (Å²) >= 11 is 0. The molecule has 5 aromatic rings. The van der Waals surface area contributed by atoms with Gasteiger partial charge in [0.2, 0.25) is 10.0 Å². The molecule has 2 aromatic heterocycles. The minimum Gasteiger partial charge on any atom is -0.406 e. The molecule has 7 rings (SSSR count). The van der Waals surface area contributed by atoms with Crippen molar-refractivity contribution in [2.24, 2.45) is 5.73 Å². The van der Waals surface area contributed by atoms with Gasteiger partial charge in [-0.1, -0.05) is 36.4 Å². The average Bonchev–Trinajstić information content (AvgIpc) is 3.42. The van der Waals surface area contributed by atoms with E-state index in [0.29, 0.717) is 6.54 Å². The third-order valence-corrected chi connectivity index (χ3v) is 10.5. The number of β-amino-alcohol motifs (C(OH)–C–C–N with tert-alkyl or cyclic N) is 2. The molecular formula is C39H41F3N6O5S. The highest BCUT2D eigenvalue weighted by Crippen LogP contribution is 2.36. The molecule has 4 heterocycles. The molecule has 0 saturated carbocycles. The Labute approximate surface area is 311 Å². The molecule has 15 heteroatoms. The van der Waals surface area contributed by atoms with Crippen LogP contribution in [-0.4, -0.2) is 73.3 Å². The Kier molecular flexibility index (Phi) is 12.1. The van der Waals surface area contributed by atoms with Gasteiger partial charge in [-0.2, -0.15) is 0 Å². The molecule has 11 nitrogen and oxygen atoms in total. The van der Waals surface area contributed by atoms with Gasteiger partial charge in [-0.25, -0.2) is 13.1 Å². The van der Waals surface area contributed by atoms with Gasteiger partial charge >= 0.3 is 6.36 Å². The number of halogens is 3. The Morgan fingerprint density at radius 1 is 0.704 bits per heavy atom. The molecule has 0 spiro atoms. The van der Waals surface area contributed by atoms with E-state index >= 15 is 0 Å². The summed E-state index contributed by atoms with van der Waals surface area (Å²) in [4.78, 5) is 12.8. The third-order valence-electron chi connectivity index (χ3n) is 9.08. The van der Waals surface area contributed by atoms with Crippen molar-refractivity contribution in [2.75, 3.05) is 36.0 Å². The molecule has 54 heavy (non-hydrogen) atoms. The first kappa shape index (κ1) is 38.7. The van der Waals surface area contributed by atoms with E-state index in [1.54, 1.807) is 12.3 Å². The van der Waals surface area contributed by atoms with E-state index in [1.165, 1.54) is 5.56 Å². The highest BCUT2D eigenvalue weighted by Gasteiger charge is 2.31. The maximum absolute atomic E-state index is 12.6. The van der Waals surface area contributed by atoms with Crippen LogP contribution in [0.5, 0.6) is 5.75 Å². The Morgan fingerprint density at radius 3 is 1.69 bits per heavy atom. The maximum atomic E-state index is 12.6. The fourth-order valence-electron chi connectivity index (χ4n) is 6.54. The number of aliphatic hydroxyl groups excluding tert-OH is 2. The summed E-state index contributed by atoms with van der Waals surface area (Å²) in [6, 6.07) is 27.7. The molecule has 2 aliphatic heterocycles. The summed E-state index contributed by atoms with van der Waals surface area (Å²) in [6.07, 6.45) is 0.444. The summed E-state index contributed by atoms with van der Waals surface area (Å²) in [5.41, 5.74) is 13.9. The number of aryl methyl sites for hydroxylation is 4. The fourth-order valence-corrected chi connectivity index (χ4v) is 7.61. The van der Waals surface area contributed by atoms with Crippen molar-refractivity contribution in [3.63, 3.8) is 0 Å². The first-order chi connectivity index (χ1) is 25.9. The molecule has 5 N–H and O–H groups in total. The van der Waals surface area contributed by atoms with E-state index < -0.39 is 34.3 Å². The van der Waals surface area contributed by atoms with Crippen molar-refractivity contribution in [1.29, 1.82) is 0 Å². The number of aromatic nitrogens is 2. The quantitative estimate of drug-likeness (QED) is 0.150. The minimum atomic E-state index is -4.87. The second kappa shape index (κ2) is 17.0.